The molecule has 1 heterocycles. The van der Waals surface area contributed by atoms with Crippen molar-refractivity contribution >= 4 is 11.6 Å². The lowest BCUT2D eigenvalue weighted by molar-refractivity contribution is -0.118. The summed E-state index contributed by atoms with van der Waals surface area (Å²) in [6, 6.07) is 11.7. The second-order valence-corrected chi connectivity index (χ2v) is 4.92. The first-order chi connectivity index (χ1) is 10.1. The molecular formula is C16H20N2O3. The molecule has 1 atom stereocenters. The highest BCUT2D eigenvalue weighted by Crippen LogP contribution is 2.17. The van der Waals surface area contributed by atoms with E-state index < -0.39 is 0 Å². The van der Waals surface area contributed by atoms with Gasteiger partial charge in [0, 0.05) is 18.2 Å². The van der Waals surface area contributed by atoms with Gasteiger partial charge in [-0.2, -0.15) is 0 Å². The van der Waals surface area contributed by atoms with Gasteiger partial charge in [-0.15, -0.1) is 0 Å². The van der Waals surface area contributed by atoms with E-state index in [1.54, 1.807) is 6.26 Å². The number of anilines is 1. The highest BCUT2D eigenvalue weighted by atomic mass is 16.5. The van der Waals surface area contributed by atoms with Gasteiger partial charge in [0.2, 0.25) is 5.91 Å². The van der Waals surface area contributed by atoms with Crippen LogP contribution in [0.25, 0.3) is 0 Å². The topological polar surface area (TPSA) is 77.5 Å². The molecule has 1 unspecified atom stereocenters. The summed E-state index contributed by atoms with van der Waals surface area (Å²) < 4.78 is 10.7. The number of rotatable bonds is 8. The molecular weight excluding hydrogens is 268 g/mol. The lowest BCUT2D eigenvalue weighted by Gasteiger charge is -2.14. The minimum atomic E-state index is -0.361. The lowest BCUT2D eigenvalue weighted by atomic mass is 10.2. The molecule has 1 amide bonds. The predicted molar refractivity (Wildman–Crippen MR) is 81.2 cm³/mol. The van der Waals surface area contributed by atoms with Gasteiger partial charge in [-0.1, -0.05) is 0 Å². The van der Waals surface area contributed by atoms with E-state index >= 15 is 0 Å². The molecule has 21 heavy (non-hydrogen) atoms. The molecule has 0 fully saturated rings. The third-order valence-corrected chi connectivity index (χ3v) is 2.97. The zero-order chi connectivity index (χ0) is 15.1. The summed E-state index contributed by atoms with van der Waals surface area (Å²) in [6.45, 7) is 2.40. The standard InChI is InChI=1S/C16H20N2O3/c1-12(11-15-3-2-9-20-15)18-13-4-6-14(7-5-13)21-10-8-16(17)19/h2-7,9,12,18H,8,10-11H2,1H3,(H2,17,19). The molecule has 0 radical (unpaired) electrons. The Morgan fingerprint density at radius 2 is 2.10 bits per heavy atom. The fourth-order valence-electron chi connectivity index (χ4n) is 1.98. The van der Waals surface area contributed by atoms with Gasteiger partial charge in [0.15, 0.2) is 0 Å². The molecule has 0 spiro atoms. The van der Waals surface area contributed by atoms with Crippen LogP contribution >= 0.6 is 0 Å². The zero-order valence-corrected chi connectivity index (χ0v) is 12.0. The first kappa shape index (κ1) is 15.0. The number of ether oxygens (including phenoxy) is 1. The van der Waals surface area contributed by atoms with Gasteiger partial charge in [0.1, 0.15) is 11.5 Å². The van der Waals surface area contributed by atoms with E-state index in [0.717, 1.165) is 23.6 Å². The van der Waals surface area contributed by atoms with Gasteiger partial charge in [0.25, 0.3) is 0 Å². The number of primary amides is 1. The average molecular weight is 288 g/mol. The number of carbonyl (C=O) groups is 1. The van der Waals surface area contributed by atoms with Crippen molar-refractivity contribution in [3.05, 3.63) is 48.4 Å². The number of nitrogens with two attached hydrogens (primary N) is 1. The van der Waals surface area contributed by atoms with Crippen molar-refractivity contribution in [1.29, 1.82) is 0 Å². The van der Waals surface area contributed by atoms with E-state index in [1.165, 1.54) is 0 Å². The van der Waals surface area contributed by atoms with Crippen LogP contribution in [0, 0.1) is 0 Å². The monoisotopic (exact) mass is 288 g/mol. The van der Waals surface area contributed by atoms with E-state index in [0.29, 0.717) is 6.61 Å². The Labute approximate surface area is 124 Å². The first-order valence-electron chi connectivity index (χ1n) is 6.93. The summed E-state index contributed by atoms with van der Waals surface area (Å²) in [5, 5.41) is 3.39. The van der Waals surface area contributed by atoms with Crippen molar-refractivity contribution in [2.75, 3.05) is 11.9 Å². The smallest absolute Gasteiger partial charge is 0.220 e. The van der Waals surface area contributed by atoms with Crippen molar-refractivity contribution in [2.45, 2.75) is 25.8 Å². The van der Waals surface area contributed by atoms with Crippen LogP contribution in [0.5, 0.6) is 5.75 Å². The van der Waals surface area contributed by atoms with Crippen LogP contribution in [0.1, 0.15) is 19.1 Å². The molecule has 5 heteroatoms. The molecule has 112 valence electrons. The van der Waals surface area contributed by atoms with E-state index in [-0.39, 0.29) is 18.4 Å². The summed E-state index contributed by atoms with van der Waals surface area (Å²) in [6.07, 6.45) is 2.73. The molecule has 0 saturated heterocycles. The molecule has 0 aliphatic carbocycles. The Kier molecular flexibility index (Phi) is 5.26. The van der Waals surface area contributed by atoms with Gasteiger partial charge in [0.05, 0.1) is 19.3 Å². The Balaban J connectivity index is 1.80. The summed E-state index contributed by atoms with van der Waals surface area (Å²) in [5.74, 6) is 1.32. The maximum absolute atomic E-state index is 10.6. The van der Waals surface area contributed by atoms with Crippen LogP contribution in [0.3, 0.4) is 0 Å². The first-order valence-corrected chi connectivity index (χ1v) is 6.93. The summed E-state index contributed by atoms with van der Waals surface area (Å²) >= 11 is 0. The predicted octanol–water partition coefficient (Wildman–Crippen LogP) is 2.58. The van der Waals surface area contributed by atoms with E-state index in [1.807, 2.05) is 36.4 Å². The van der Waals surface area contributed by atoms with Crippen molar-refractivity contribution in [3.8, 4) is 5.75 Å². The van der Waals surface area contributed by atoms with Gasteiger partial charge < -0.3 is 20.2 Å². The van der Waals surface area contributed by atoms with Crippen LogP contribution in [0.2, 0.25) is 0 Å². The van der Waals surface area contributed by atoms with E-state index in [4.69, 9.17) is 14.9 Å². The second-order valence-electron chi connectivity index (χ2n) is 4.92. The van der Waals surface area contributed by atoms with Crippen molar-refractivity contribution in [2.24, 2.45) is 5.73 Å². The maximum atomic E-state index is 10.6. The molecule has 1 aromatic carbocycles. The molecule has 1 aromatic heterocycles. The Hall–Kier alpha value is -2.43. The molecule has 2 aromatic rings. The third-order valence-electron chi connectivity index (χ3n) is 2.97. The minimum Gasteiger partial charge on any atom is -0.493 e. The third kappa shape index (κ3) is 5.22. The number of carbonyl (C=O) groups excluding carboxylic acids is 1. The molecule has 2 rings (SSSR count). The Morgan fingerprint density at radius 1 is 1.33 bits per heavy atom. The van der Waals surface area contributed by atoms with Crippen molar-refractivity contribution < 1.29 is 13.9 Å². The number of furan rings is 1. The van der Waals surface area contributed by atoms with Gasteiger partial charge in [-0.05, 0) is 43.3 Å². The Bertz CT molecular complexity index is 549. The lowest BCUT2D eigenvalue weighted by Crippen LogP contribution is -2.17. The van der Waals surface area contributed by atoms with Crippen LogP contribution in [-0.2, 0) is 11.2 Å². The second kappa shape index (κ2) is 7.38. The van der Waals surface area contributed by atoms with Crippen molar-refractivity contribution in [1.82, 2.24) is 0 Å². The van der Waals surface area contributed by atoms with Gasteiger partial charge in [-0.25, -0.2) is 0 Å². The normalized spacial score (nSPS) is 11.9. The molecule has 0 bridgehead atoms. The quantitative estimate of drug-likeness (QED) is 0.782. The zero-order valence-electron chi connectivity index (χ0n) is 12.0. The number of hydrogen-bond acceptors (Lipinski definition) is 4. The molecule has 0 aliphatic heterocycles. The number of hydrogen-bond donors (Lipinski definition) is 2. The largest absolute Gasteiger partial charge is 0.493 e. The maximum Gasteiger partial charge on any atom is 0.220 e. The average Bonchev–Trinajstić information content (AvgIpc) is 2.93. The highest BCUT2D eigenvalue weighted by Gasteiger charge is 2.06. The Morgan fingerprint density at radius 3 is 2.71 bits per heavy atom. The van der Waals surface area contributed by atoms with Crippen LogP contribution in [0.4, 0.5) is 5.69 Å². The van der Waals surface area contributed by atoms with Crippen LogP contribution < -0.4 is 15.8 Å². The fourth-order valence-corrected chi connectivity index (χ4v) is 1.98. The number of benzene rings is 1. The summed E-state index contributed by atoms with van der Waals surface area (Å²) in [7, 11) is 0. The SMILES string of the molecule is CC(Cc1ccco1)Nc1ccc(OCCC(N)=O)cc1. The van der Waals surface area contributed by atoms with Crippen molar-refractivity contribution in [3.63, 3.8) is 0 Å². The van der Waals surface area contributed by atoms with Gasteiger partial charge >= 0.3 is 0 Å². The number of nitrogens with one attached hydrogen (secondary N) is 1. The van der Waals surface area contributed by atoms with Crippen LogP contribution in [0.15, 0.2) is 47.1 Å². The summed E-state index contributed by atoms with van der Waals surface area (Å²) in [4.78, 5) is 10.6. The fraction of sp³-hybridized carbons (Fsp3) is 0.312. The van der Waals surface area contributed by atoms with Gasteiger partial charge in [-0.3, -0.25) is 4.79 Å². The molecule has 0 aliphatic rings. The molecule has 0 saturated carbocycles. The summed E-state index contributed by atoms with van der Waals surface area (Å²) in [5.41, 5.74) is 6.06. The van der Waals surface area contributed by atoms with E-state index in [9.17, 15) is 4.79 Å². The van der Waals surface area contributed by atoms with E-state index in [2.05, 4.69) is 12.2 Å². The molecule has 5 nitrogen and oxygen atoms in total. The highest BCUT2D eigenvalue weighted by molar-refractivity contribution is 5.73. The molecule has 3 N–H and O–H groups in total. The van der Waals surface area contributed by atoms with Crippen LogP contribution in [-0.4, -0.2) is 18.6 Å². The minimum absolute atomic E-state index is 0.222. The number of amides is 1.